The fraction of sp³-hybridized carbons (Fsp3) is 0.231. The Kier molecular flexibility index (Phi) is 3.67. The largest absolute Gasteiger partial charge is 0.469 e. The van der Waals surface area contributed by atoms with Crippen LogP contribution in [0.3, 0.4) is 0 Å². The molecule has 0 amide bonds. The zero-order chi connectivity index (χ0) is 13.1. The highest BCUT2D eigenvalue weighted by molar-refractivity contribution is 6.21. The van der Waals surface area contributed by atoms with E-state index in [0.29, 0.717) is 6.42 Å². The molecule has 0 bridgehead atoms. The molecule has 0 saturated carbocycles. The first-order valence-corrected chi connectivity index (χ1v) is 5.93. The van der Waals surface area contributed by atoms with Gasteiger partial charge in [0.25, 0.3) is 5.69 Å². The Morgan fingerprint density at radius 2 is 2.00 bits per heavy atom. The van der Waals surface area contributed by atoms with Gasteiger partial charge in [-0.3, -0.25) is 10.1 Å². The van der Waals surface area contributed by atoms with E-state index in [9.17, 15) is 10.1 Å². The highest BCUT2D eigenvalue weighted by atomic mass is 35.5. The molecule has 2 rings (SSSR count). The van der Waals surface area contributed by atoms with Crippen LogP contribution in [0, 0.1) is 17.0 Å². The lowest BCUT2D eigenvalue weighted by Gasteiger charge is -2.08. The molecule has 1 heterocycles. The molecule has 5 heteroatoms. The van der Waals surface area contributed by atoms with Crippen molar-refractivity contribution in [2.75, 3.05) is 0 Å². The molecule has 94 valence electrons. The Balaban J connectivity index is 2.10. The fourth-order valence-electron chi connectivity index (χ4n) is 1.79. The third kappa shape index (κ3) is 2.71. The maximum atomic E-state index is 10.5. The molecule has 0 aliphatic rings. The number of nitrogens with zero attached hydrogens (tertiary/aromatic N) is 1. The summed E-state index contributed by atoms with van der Waals surface area (Å²) in [5.41, 5.74) is 2.00. The molecule has 0 aliphatic carbocycles. The van der Waals surface area contributed by atoms with Crippen molar-refractivity contribution in [3.63, 3.8) is 0 Å². The number of halogens is 1. The van der Waals surface area contributed by atoms with Crippen LogP contribution in [-0.2, 0) is 6.42 Å². The SMILES string of the molecule is Cc1occc1C(Cl)Cc1ccc([N+](=O)[O-])cc1. The van der Waals surface area contributed by atoms with Crippen LogP contribution >= 0.6 is 11.6 Å². The van der Waals surface area contributed by atoms with Crippen LogP contribution in [0.2, 0.25) is 0 Å². The average Bonchev–Trinajstić information content (AvgIpc) is 2.76. The van der Waals surface area contributed by atoms with E-state index in [2.05, 4.69) is 0 Å². The quantitative estimate of drug-likeness (QED) is 0.477. The molecule has 0 aliphatic heterocycles. The van der Waals surface area contributed by atoms with Crippen molar-refractivity contribution in [2.45, 2.75) is 18.7 Å². The van der Waals surface area contributed by atoms with Gasteiger partial charge in [-0.15, -0.1) is 11.6 Å². The molecule has 2 aromatic rings. The number of rotatable bonds is 4. The highest BCUT2D eigenvalue weighted by Crippen LogP contribution is 2.28. The average molecular weight is 266 g/mol. The summed E-state index contributed by atoms with van der Waals surface area (Å²) in [7, 11) is 0. The molecule has 0 radical (unpaired) electrons. The summed E-state index contributed by atoms with van der Waals surface area (Å²) in [5, 5.41) is 10.3. The van der Waals surface area contributed by atoms with E-state index in [-0.39, 0.29) is 11.1 Å². The predicted octanol–water partition coefficient (Wildman–Crippen LogP) is 4.02. The van der Waals surface area contributed by atoms with Gasteiger partial charge in [0.1, 0.15) is 5.76 Å². The van der Waals surface area contributed by atoms with Crippen molar-refractivity contribution < 1.29 is 9.34 Å². The summed E-state index contributed by atoms with van der Waals surface area (Å²) in [6.07, 6.45) is 2.22. The molecule has 1 aromatic heterocycles. The maximum Gasteiger partial charge on any atom is 0.269 e. The second-order valence-corrected chi connectivity index (χ2v) is 4.55. The van der Waals surface area contributed by atoms with Crippen molar-refractivity contribution in [2.24, 2.45) is 0 Å². The van der Waals surface area contributed by atoms with Crippen molar-refractivity contribution >= 4 is 17.3 Å². The van der Waals surface area contributed by atoms with Gasteiger partial charge < -0.3 is 4.42 Å². The molecule has 1 aromatic carbocycles. The van der Waals surface area contributed by atoms with E-state index in [0.717, 1.165) is 16.9 Å². The van der Waals surface area contributed by atoms with Crippen molar-refractivity contribution in [3.05, 3.63) is 63.6 Å². The van der Waals surface area contributed by atoms with E-state index < -0.39 is 4.92 Å². The highest BCUT2D eigenvalue weighted by Gasteiger charge is 2.14. The molecule has 0 fully saturated rings. The lowest BCUT2D eigenvalue weighted by Crippen LogP contribution is -1.96. The summed E-state index contributed by atoms with van der Waals surface area (Å²) < 4.78 is 5.20. The molecule has 0 saturated heterocycles. The van der Waals surface area contributed by atoms with Gasteiger partial charge in [0, 0.05) is 17.7 Å². The number of hydrogen-bond acceptors (Lipinski definition) is 3. The zero-order valence-corrected chi connectivity index (χ0v) is 10.6. The lowest BCUT2D eigenvalue weighted by atomic mass is 10.0. The van der Waals surface area contributed by atoms with E-state index >= 15 is 0 Å². The first kappa shape index (κ1) is 12.6. The summed E-state index contributed by atoms with van der Waals surface area (Å²) >= 11 is 6.30. The fourth-order valence-corrected chi connectivity index (χ4v) is 2.19. The van der Waals surface area contributed by atoms with Gasteiger partial charge in [-0.25, -0.2) is 0 Å². The van der Waals surface area contributed by atoms with Crippen molar-refractivity contribution in [1.29, 1.82) is 0 Å². The minimum absolute atomic E-state index is 0.0874. The summed E-state index contributed by atoms with van der Waals surface area (Å²) in [6, 6.07) is 8.27. The van der Waals surface area contributed by atoms with E-state index in [1.54, 1.807) is 18.4 Å². The number of furan rings is 1. The minimum Gasteiger partial charge on any atom is -0.469 e. The Morgan fingerprint density at radius 1 is 1.33 bits per heavy atom. The van der Waals surface area contributed by atoms with Gasteiger partial charge in [0.15, 0.2) is 0 Å². The molecular weight excluding hydrogens is 254 g/mol. The van der Waals surface area contributed by atoms with Crippen molar-refractivity contribution in [1.82, 2.24) is 0 Å². The first-order chi connectivity index (χ1) is 8.58. The van der Waals surface area contributed by atoms with Crippen LogP contribution in [0.25, 0.3) is 0 Å². The Morgan fingerprint density at radius 3 is 2.50 bits per heavy atom. The van der Waals surface area contributed by atoms with Gasteiger partial charge in [-0.05, 0) is 25.0 Å². The van der Waals surface area contributed by atoms with Gasteiger partial charge in [-0.2, -0.15) is 0 Å². The Labute approximate surface area is 109 Å². The number of nitro groups is 1. The second kappa shape index (κ2) is 5.23. The van der Waals surface area contributed by atoms with Crippen LogP contribution < -0.4 is 0 Å². The molecule has 1 unspecified atom stereocenters. The van der Waals surface area contributed by atoms with Crippen LogP contribution in [0.5, 0.6) is 0 Å². The van der Waals surface area contributed by atoms with Gasteiger partial charge >= 0.3 is 0 Å². The number of hydrogen-bond donors (Lipinski definition) is 0. The van der Waals surface area contributed by atoms with Gasteiger partial charge in [-0.1, -0.05) is 12.1 Å². The number of alkyl halides is 1. The molecule has 4 nitrogen and oxygen atoms in total. The van der Waals surface area contributed by atoms with Crippen molar-refractivity contribution in [3.8, 4) is 0 Å². The summed E-state index contributed by atoms with van der Waals surface area (Å²) in [5.74, 6) is 0.803. The smallest absolute Gasteiger partial charge is 0.269 e. The predicted molar refractivity (Wildman–Crippen MR) is 68.8 cm³/mol. The third-order valence-electron chi connectivity index (χ3n) is 2.80. The number of non-ortho nitro benzene ring substituents is 1. The van der Waals surface area contributed by atoms with E-state index in [1.165, 1.54) is 12.1 Å². The summed E-state index contributed by atoms with van der Waals surface area (Å²) in [4.78, 5) is 10.1. The molecular formula is C13H12ClNO3. The number of nitro benzene ring substituents is 1. The second-order valence-electron chi connectivity index (χ2n) is 4.03. The molecule has 0 N–H and O–H groups in total. The van der Waals surface area contributed by atoms with Crippen LogP contribution in [-0.4, -0.2) is 4.92 Å². The normalized spacial score (nSPS) is 12.3. The topological polar surface area (TPSA) is 56.3 Å². The van der Waals surface area contributed by atoms with Crippen LogP contribution in [0.15, 0.2) is 41.0 Å². The Bertz CT molecular complexity index is 548. The molecule has 18 heavy (non-hydrogen) atoms. The number of aryl methyl sites for hydroxylation is 1. The minimum atomic E-state index is -0.415. The van der Waals surface area contributed by atoms with Gasteiger partial charge in [0.05, 0.1) is 16.6 Å². The lowest BCUT2D eigenvalue weighted by molar-refractivity contribution is -0.384. The molecule has 0 spiro atoms. The zero-order valence-electron chi connectivity index (χ0n) is 9.80. The standard InChI is InChI=1S/C13H12ClNO3/c1-9-12(6-7-18-9)13(14)8-10-2-4-11(5-3-10)15(16)17/h2-7,13H,8H2,1H3. The maximum absolute atomic E-state index is 10.5. The number of benzene rings is 1. The van der Waals surface area contributed by atoms with Crippen LogP contribution in [0.1, 0.15) is 22.3 Å². The van der Waals surface area contributed by atoms with E-state index in [4.69, 9.17) is 16.0 Å². The summed E-state index contributed by atoms with van der Waals surface area (Å²) in [6.45, 7) is 1.86. The molecule has 1 atom stereocenters. The van der Waals surface area contributed by atoms with Gasteiger partial charge in [0.2, 0.25) is 0 Å². The van der Waals surface area contributed by atoms with Crippen LogP contribution in [0.4, 0.5) is 5.69 Å². The first-order valence-electron chi connectivity index (χ1n) is 5.49. The third-order valence-corrected chi connectivity index (χ3v) is 3.19. The van der Waals surface area contributed by atoms with E-state index in [1.807, 2.05) is 13.0 Å². The Hall–Kier alpha value is -1.81. The monoisotopic (exact) mass is 265 g/mol.